The van der Waals surface area contributed by atoms with Gasteiger partial charge in [0.2, 0.25) is 5.91 Å². The Morgan fingerprint density at radius 3 is 2.75 bits per heavy atom. The number of aryl methyl sites for hydroxylation is 1. The van der Waals surface area contributed by atoms with Crippen molar-refractivity contribution in [2.75, 3.05) is 24.5 Å². The summed E-state index contributed by atoms with van der Waals surface area (Å²) in [6.07, 6.45) is 3.54. The number of carbonyl (C=O) groups excluding carboxylic acids is 1. The summed E-state index contributed by atoms with van der Waals surface area (Å²) in [5.41, 5.74) is 2.40. The number of para-hydroxylation sites is 1. The summed E-state index contributed by atoms with van der Waals surface area (Å²) in [6, 6.07) is 8.68. The van der Waals surface area contributed by atoms with Crippen LogP contribution < -0.4 is 4.90 Å². The zero-order valence-corrected chi connectivity index (χ0v) is 12.9. The molecule has 3 nitrogen and oxygen atoms in total. The zero-order chi connectivity index (χ0) is 14.5. The second-order valence-corrected chi connectivity index (χ2v) is 5.73. The van der Waals surface area contributed by atoms with Crippen LogP contribution in [0.5, 0.6) is 0 Å². The maximum atomic E-state index is 12.5. The van der Waals surface area contributed by atoms with Crippen LogP contribution in [0.4, 0.5) is 5.69 Å². The van der Waals surface area contributed by atoms with Gasteiger partial charge in [0.05, 0.1) is 6.54 Å². The summed E-state index contributed by atoms with van der Waals surface area (Å²) in [7, 11) is 0. The molecule has 0 aliphatic carbocycles. The van der Waals surface area contributed by atoms with Gasteiger partial charge in [-0.1, -0.05) is 18.2 Å². The Balaban J connectivity index is 2.06. The van der Waals surface area contributed by atoms with E-state index in [0.717, 1.165) is 25.9 Å². The Labute approximate surface area is 122 Å². The molecule has 1 saturated heterocycles. The van der Waals surface area contributed by atoms with Crippen LogP contribution in [0.3, 0.4) is 0 Å². The summed E-state index contributed by atoms with van der Waals surface area (Å²) < 4.78 is 0. The van der Waals surface area contributed by atoms with Crippen LogP contribution in [-0.2, 0) is 4.79 Å². The molecule has 0 N–H and O–H groups in total. The van der Waals surface area contributed by atoms with E-state index in [-0.39, 0.29) is 5.91 Å². The first kappa shape index (κ1) is 14.9. The highest BCUT2D eigenvalue weighted by Crippen LogP contribution is 2.21. The molecule has 1 heterocycles. The number of nitrogens with zero attached hydrogens (tertiary/aromatic N) is 2. The van der Waals surface area contributed by atoms with Gasteiger partial charge in [-0.2, -0.15) is 0 Å². The van der Waals surface area contributed by atoms with Crippen molar-refractivity contribution < 1.29 is 4.79 Å². The number of piperidine rings is 1. The van der Waals surface area contributed by atoms with Crippen LogP contribution in [0.1, 0.15) is 38.7 Å². The van der Waals surface area contributed by atoms with Crippen LogP contribution >= 0.6 is 0 Å². The molecule has 3 heteroatoms. The van der Waals surface area contributed by atoms with Crippen LogP contribution in [0.2, 0.25) is 0 Å². The van der Waals surface area contributed by atoms with E-state index in [9.17, 15) is 4.79 Å². The Hall–Kier alpha value is -1.51. The standard InChI is InChI=1S/C17H26N2O/c1-4-18(16-11-6-5-9-14(16)2)13-17(20)19-12-8-7-10-15(19)3/h5-6,9,11,15H,4,7-8,10,12-13H2,1-3H3. The van der Waals surface area contributed by atoms with Gasteiger partial charge in [0, 0.05) is 24.8 Å². The fourth-order valence-electron chi connectivity index (χ4n) is 3.01. The van der Waals surface area contributed by atoms with Gasteiger partial charge in [0.1, 0.15) is 0 Å². The maximum Gasteiger partial charge on any atom is 0.242 e. The van der Waals surface area contributed by atoms with E-state index < -0.39 is 0 Å². The first-order valence-electron chi connectivity index (χ1n) is 7.73. The van der Waals surface area contributed by atoms with Gasteiger partial charge in [0.25, 0.3) is 0 Å². The fraction of sp³-hybridized carbons (Fsp3) is 0.588. The molecule has 1 amide bonds. The first-order valence-corrected chi connectivity index (χ1v) is 7.73. The van der Waals surface area contributed by atoms with Crippen LogP contribution in [0.25, 0.3) is 0 Å². The van der Waals surface area contributed by atoms with Gasteiger partial charge in [-0.25, -0.2) is 0 Å². The van der Waals surface area contributed by atoms with Gasteiger partial charge in [-0.15, -0.1) is 0 Å². The Bertz CT molecular complexity index is 458. The lowest BCUT2D eigenvalue weighted by Gasteiger charge is -2.35. The molecule has 1 aromatic carbocycles. The highest BCUT2D eigenvalue weighted by Gasteiger charge is 2.24. The number of hydrogen-bond acceptors (Lipinski definition) is 2. The van der Waals surface area contributed by atoms with E-state index in [4.69, 9.17) is 0 Å². The van der Waals surface area contributed by atoms with Crippen LogP contribution in [-0.4, -0.2) is 36.5 Å². The predicted octanol–water partition coefficient (Wildman–Crippen LogP) is 3.22. The highest BCUT2D eigenvalue weighted by atomic mass is 16.2. The van der Waals surface area contributed by atoms with Crippen molar-refractivity contribution >= 4 is 11.6 Å². The number of anilines is 1. The molecule has 110 valence electrons. The Kier molecular flexibility index (Phi) is 5.05. The normalized spacial score (nSPS) is 18.9. The molecule has 20 heavy (non-hydrogen) atoms. The summed E-state index contributed by atoms with van der Waals surface area (Å²) >= 11 is 0. The number of carbonyl (C=O) groups is 1. The smallest absolute Gasteiger partial charge is 0.242 e. The molecule has 1 fully saturated rings. The number of rotatable bonds is 4. The highest BCUT2D eigenvalue weighted by molar-refractivity contribution is 5.82. The SMILES string of the molecule is CCN(CC(=O)N1CCCCC1C)c1ccccc1C. The van der Waals surface area contributed by atoms with Gasteiger partial charge in [-0.3, -0.25) is 4.79 Å². The first-order chi connectivity index (χ1) is 9.63. The van der Waals surface area contributed by atoms with Crippen molar-refractivity contribution in [2.24, 2.45) is 0 Å². The topological polar surface area (TPSA) is 23.6 Å². The summed E-state index contributed by atoms with van der Waals surface area (Å²) in [5, 5.41) is 0. The van der Waals surface area contributed by atoms with Crippen molar-refractivity contribution in [3.05, 3.63) is 29.8 Å². The minimum Gasteiger partial charge on any atom is -0.362 e. The lowest BCUT2D eigenvalue weighted by Crippen LogP contribution is -2.47. The molecule has 2 rings (SSSR count). The van der Waals surface area contributed by atoms with E-state index in [1.807, 2.05) is 12.1 Å². The van der Waals surface area contributed by atoms with Gasteiger partial charge >= 0.3 is 0 Å². The third-order valence-corrected chi connectivity index (χ3v) is 4.29. The van der Waals surface area contributed by atoms with Crippen molar-refractivity contribution in [1.82, 2.24) is 4.90 Å². The molecular weight excluding hydrogens is 248 g/mol. The second kappa shape index (κ2) is 6.78. The monoisotopic (exact) mass is 274 g/mol. The number of benzene rings is 1. The number of amides is 1. The minimum atomic E-state index is 0.266. The van der Waals surface area contributed by atoms with Crippen LogP contribution in [0, 0.1) is 6.92 Å². The summed E-state index contributed by atoms with van der Waals surface area (Å²) in [6.45, 7) is 8.66. The predicted molar refractivity (Wildman–Crippen MR) is 84.1 cm³/mol. The average molecular weight is 274 g/mol. The fourth-order valence-corrected chi connectivity index (χ4v) is 3.01. The Morgan fingerprint density at radius 2 is 2.10 bits per heavy atom. The molecule has 0 aromatic heterocycles. The molecule has 0 saturated carbocycles. The van der Waals surface area contributed by atoms with E-state index in [1.54, 1.807) is 0 Å². The third kappa shape index (κ3) is 3.33. The summed E-state index contributed by atoms with van der Waals surface area (Å²) in [5.74, 6) is 0.266. The third-order valence-electron chi connectivity index (χ3n) is 4.29. The zero-order valence-electron chi connectivity index (χ0n) is 12.9. The van der Waals surface area contributed by atoms with Crippen LogP contribution in [0.15, 0.2) is 24.3 Å². The largest absolute Gasteiger partial charge is 0.362 e. The molecular formula is C17H26N2O. The molecule has 1 unspecified atom stereocenters. The van der Waals surface area contributed by atoms with Gasteiger partial charge in [-0.05, 0) is 51.7 Å². The number of hydrogen-bond donors (Lipinski definition) is 0. The minimum absolute atomic E-state index is 0.266. The summed E-state index contributed by atoms with van der Waals surface area (Å²) in [4.78, 5) is 16.8. The molecule has 0 radical (unpaired) electrons. The molecule has 1 aliphatic rings. The van der Waals surface area contributed by atoms with Crippen molar-refractivity contribution in [3.63, 3.8) is 0 Å². The van der Waals surface area contributed by atoms with Crippen molar-refractivity contribution in [3.8, 4) is 0 Å². The van der Waals surface area contributed by atoms with Gasteiger partial charge < -0.3 is 9.80 Å². The maximum absolute atomic E-state index is 12.5. The van der Waals surface area contributed by atoms with Crippen molar-refractivity contribution in [1.29, 1.82) is 0 Å². The molecule has 1 aromatic rings. The van der Waals surface area contributed by atoms with Gasteiger partial charge in [0.15, 0.2) is 0 Å². The molecule has 0 spiro atoms. The average Bonchev–Trinajstić information content (AvgIpc) is 2.46. The van der Waals surface area contributed by atoms with E-state index in [2.05, 4.69) is 42.7 Å². The quantitative estimate of drug-likeness (QED) is 0.841. The Morgan fingerprint density at radius 1 is 1.35 bits per heavy atom. The molecule has 1 atom stereocenters. The number of likely N-dealkylation sites (tertiary alicyclic amines) is 1. The van der Waals surface area contributed by atoms with E-state index >= 15 is 0 Å². The van der Waals surface area contributed by atoms with Crippen molar-refractivity contribution in [2.45, 2.75) is 46.1 Å². The molecule has 1 aliphatic heterocycles. The number of likely N-dealkylation sites (N-methyl/N-ethyl adjacent to an activating group) is 1. The second-order valence-electron chi connectivity index (χ2n) is 5.73. The lowest BCUT2D eigenvalue weighted by atomic mass is 10.0. The lowest BCUT2D eigenvalue weighted by molar-refractivity contribution is -0.132. The van der Waals surface area contributed by atoms with E-state index in [1.165, 1.54) is 17.7 Å². The molecule has 0 bridgehead atoms. The van der Waals surface area contributed by atoms with E-state index in [0.29, 0.717) is 12.6 Å².